The van der Waals surface area contributed by atoms with E-state index in [1.165, 1.54) is 6.42 Å². The second-order valence-electron chi connectivity index (χ2n) is 4.46. The summed E-state index contributed by atoms with van der Waals surface area (Å²) in [6.07, 6.45) is 7.59. The zero-order chi connectivity index (χ0) is 10.7. The molecule has 80 valence electrons. The summed E-state index contributed by atoms with van der Waals surface area (Å²) in [5.74, 6) is 0.239. The Labute approximate surface area is 89.7 Å². The molecule has 2 rings (SSSR count). The molecular formula is C12H16N2O. The fourth-order valence-corrected chi connectivity index (χ4v) is 1.99. The molecule has 0 unspecified atom stereocenters. The van der Waals surface area contributed by atoms with Crippen LogP contribution in [0.15, 0.2) is 24.5 Å². The van der Waals surface area contributed by atoms with E-state index in [9.17, 15) is 4.79 Å². The molecule has 15 heavy (non-hydrogen) atoms. The lowest BCUT2D eigenvalue weighted by molar-refractivity contribution is -0.120. The number of rotatable bonds is 4. The molecule has 1 saturated carbocycles. The average Bonchev–Trinajstić information content (AvgIpc) is 2.16. The van der Waals surface area contributed by atoms with Crippen molar-refractivity contribution in [3.63, 3.8) is 0 Å². The van der Waals surface area contributed by atoms with Gasteiger partial charge >= 0.3 is 0 Å². The first-order valence-electron chi connectivity index (χ1n) is 5.37. The first-order chi connectivity index (χ1) is 7.18. The molecule has 0 atom stereocenters. The minimum atomic E-state index is -0.190. The Morgan fingerprint density at radius 1 is 1.40 bits per heavy atom. The zero-order valence-corrected chi connectivity index (χ0v) is 8.78. The Bertz CT molecular complexity index is 344. The topological polar surface area (TPSA) is 56.0 Å². The number of ketones is 1. The summed E-state index contributed by atoms with van der Waals surface area (Å²) in [6, 6.07) is 3.75. The van der Waals surface area contributed by atoms with Crippen LogP contribution in [0.1, 0.15) is 31.2 Å². The van der Waals surface area contributed by atoms with Crippen LogP contribution in [0.25, 0.3) is 0 Å². The van der Waals surface area contributed by atoms with E-state index < -0.39 is 0 Å². The van der Waals surface area contributed by atoms with E-state index in [0.29, 0.717) is 12.8 Å². The van der Waals surface area contributed by atoms with Crippen molar-refractivity contribution < 1.29 is 4.79 Å². The van der Waals surface area contributed by atoms with Crippen molar-refractivity contribution in [1.29, 1.82) is 0 Å². The van der Waals surface area contributed by atoms with Gasteiger partial charge in [0.25, 0.3) is 0 Å². The molecule has 0 saturated heterocycles. The number of hydrogen-bond donors (Lipinski definition) is 1. The van der Waals surface area contributed by atoms with Crippen molar-refractivity contribution in [3.8, 4) is 0 Å². The van der Waals surface area contributed by atoms with Crippen LogP contribution in [0.4, 0.5) is 0 Å². The van der Waals surface area contributed by atoms with E-state index in [1.54, 1.807) is 12.4 Å². The molecule has 2 N–H and O–H groups in total. The molecule has 1 fully saturated rings. The first-order valence-corrected chi connectivity index (χ1v) is 5.37. The van der Waals surface area contributed by atoms with Crippen LogP contribution in [0.3, 0.4) is 0 Å². The molecule has 0 amide bonds. The fraction of sp³-hybridized carbons (Fsp3) is 0.500. The molecular weight excluding hydrogens is 188 g/mol. The number of carbonyl (C=O) groups is 1. The minimum absolute atomic E-state index is 0.190. The standard InChI is InChI=1S/C12H16N2O/c13-12(4-1-5-12)9-11(15)8-10-2-6-14-7-3-10/h2-3,6-7H,1,4-5,8-9,13H2. The van der Waals surface area contributed by atoms with Gasteiger partial charge in [-0.2, -0.15) is 0 Å². The number of hydrogen-bond acceptors (Lipinski definition) is 3. The van der Waals surface area contributed by atoms with Gasteiger partial charge in [-0.3, -0.25) is 9.78 Å². The number of carbonyl (C=O) groups excluding carboxylic acids is 1. The number of aromatic nitrogens is 1. The highest BCUT2D eigenvalue weighted by molar-refractivity contribution is 5.82. The molecule has 1 aliphatic carbocycles. The van der Waals surface area contributed by atoms with Crippen molar-refractivity contribution in [2.24, 2.45) is 5.73 Å². The average molecular weight is 204 g/mol. The third-order valence-corrected chi connectivity index (χ3v) is 3.05. The van der Waals surface area contributed by atoms with Gasteiger partial charge in [0.05, 0.1) is 0 Å². The summed E-state index contributed by atoms with van der Waals surface area (Å²) in [7, 11) is 0. The smallest absolute Gasteiger partial charge is 0.139 e. The Balaban J connectivity index is 1.87. The van der Waals surface area contributed by atoms with Crippen molar-refractivity contribution in [2.45, 2.75) is 37.6 Å². The molecule has 1 aromatic rings. The maximum Gasteiger partial charge on any atom is 0.139 e. The molecule has 1 heterocycles. The second kappa shape index (κ2) is 4.11. The number of pyridine rings is 1. The van der Waals surface area contributed by atoms with Gasteiger partial charge in [-0.1, -0.05) is 0 Å². The molecule has 0 radical (unpaired) electrons. The van der Waals surface area contributed by atoms with E-state index in [0.717, 1.165) is 18.4 Å². The van der Waals surface area contributed by atoms with Crippen LogP contribution in [0.5, 0.6) is 0 Å². The maximum atomic E-state index is 11.7. The van der Waals surface area contributed by atoms with E-state index in [1.807, 2.05) is 12.1 Å². The van der Waals surface area contributed by atoms with Crippen molar-refractivity contribution >= 4 is 5.78 Å². The number of nitrogens with zero attached hydrogens (tertiary/aromatic N) is 1. The summed E-state index contributed by atoms with van der Waals surface area (Å²) < 4.78 is 0. The highest BCUT2D eigenvalue weighted by atomic mass is 16.1. The first kappa shape index (κ1) is 10.3. The highest BCUT2D eigenvalue weighted by Crippen LogP contribution is 2.32. The second-order valence-corrected chi connectivity index (χ2v) is 4.46. The van der Waals surface area contributed by atoms with Gasteiger partial charge in [0, 0.05) is 30.8 Å². The van der Waals surface area contributed by atoms with Crippen LogP contribution in [0.2, 0.25) is 0 Å². The van der Waals surface area contributed by atoms with Gasteiger partial charge < -0.3 is 5.73 Å². The molecule has 1 aromatic heterocycles. The predicted octanol–water partition coefficient (Wildman–Crippen LogP) is 1.46. The predicted molar refractivity (Wildman–Crippen MR) is 58.3 cm³/mol. The van der Waals surface area contributed by atoms with Crippen molar-refractivity contribution in [1.82, 2.24) is 4.98 Å². The largest absolute Gasteiger partial charge is 0.325 e. The van der Waals surface area contributed by atoms with Crippen LogP contribution in [-0.2, 0) is 11.2 Å². The summed E-state index contributed by atoms with van der Waals surface area (Å²) in [6.45, 7) is 0. The highest BCUT2D eigenvalue weighted by Gasteiger charge is 2.34. The Hall–Kier alpha value is -1.22. The minimum Gasteiger partial charge on any atom is -0.325 e. The van der Waals surface area contributed by atoms with Gasteiger partial charge in [0.15, 0.2) is 0 Å². The third-order valence-electron chi connectivity index (χ3n) is 3.05. The lowest BCUT2D eigenvalue weighted by Gasteiger charge is -2.37. The lowest BCUT2D eigenvalue weighted by Crippen LogP contribution is -2.48. The Morgan fingerprint density at radius 3 is 2.60 bits per heavy atom. The SMILES string of the molecule is NC1(CC(=O)Cc2ccncc2)CCC1. The van der Waals surface area contributed by atoms with E-state index in [2.05, 4.69) is 4.98 Å². The van der Waals surface area contributed by atoms with E-state index in [4.69, 9.17) is 5.73 Å². The maximum absolute atomic E-state index is 11.7. The summed E-state index contributed by atoms with van der Waals surface area (Å²) in [5.41, 5.74) is 6.86. The van der Waals surface area contributed by atoms with Gasteiger partial charge in [-0.05, 0) is 37.0 Å². The number of Topliss-reactive ketones (excluding diaryl/α,β-unsaturated/α-hetero) is 1. The van der Waals surface area contributed by atoms with Gasteiger partial charge in [-0.15, -0.1) is 0 Å². The molecule has 0 aromatic carbocycles. The molecule has 0 spiro atoms. The zero-order valence-electron chi connectivity index (χ0n) is 8.78. The quantitative estimate of drug-likeness (QED) is 0.808. The molecule has 3 nitrogen and oxygen atoms in total. The molecule has 0 aliphatic heterocycles. The van der Waals surface area contributed by atoms with E-state index in [-0.39, 0.29) is 11.3 Å². The summed E-state index contributed by atoms with van der Waals surface area (Å²) >= 11 is 0. The van der Waals surface area contributed by atoms with Crippen molar-refractivity contribution in [2.75, 3.05) is 0 Å². The van der Waals surface area contributed by atoms with E-state index >= 15 is 0 Å². The third kappa shape index (κ3) is 2.63. The molecule has 0 bridgehead atoms. The monoisotopic (exact) mass is 204 g/mol. The Kier molecular flexibility index (Phi) is 2.82. The molecule has 1 aliphatic rings. The summed E-state index contributed by atoms with van der Waals surface area (Å²) in [4.78, 5) is 15.6. The van der Waals surface area contributed by atoms with Crippen LogP contribution < -0.4 is 5.73 Å². The van der Waals surface area contributed by atoms with Crippen LogP contribution >= 0.6 is 0 Å². The normalized spacial score (nSPS) is 18.2. The Morgan fingerprint density at radius 2 is 2.07 bits per heavy atom. The summed E-state index contributed by atoms with van der Waals surface area (Å²) in [5, 5.41) is 0. The lowest BCUT2D eigenvalue weighted by atomic mass is 9.74. The van der Waals surface area contributed by atoms with Crippen LogP contribution in [0, 0.1) is 0 Å². The van der Waals surface area contributed by atoms with Gasteiger partial charge in [-0.25, -0.2) is 0 Å². The number of nitrogens with two attached hydrogens (primary N) is 1. The van der Waals surface area contributed by atoms with Gasteiger partial charge in [0.1, 0.15) is 5.78 Å². The fourth-order valence-electron chi connectivity index (χ4n) is 1.99. The van der Waals surface area contributed by atoms with Crippen LogP contribution in [-0.4, -0.2) is 16.3 Å². The van der Waals surface area contributed by atoms with Crippen molar-refractivity contribution in [3.05, 3.63) is 30.1 Å². The molecule has 3 heteroatoms. The van der Waals surface area contributed by atoms with Gasteiger partial charge in [0.2, 0.25) is 0 Å².